The second-order valence-corrected chi connectivity index (χ2v) is 7.43. The molecule has 1 aromatic heterocycles. The van der Waals surface area contributed by atoms with Crippen molar-refractivity contribution in [1.29, 1.82) is 0 Å². The van der Waals surface area contributed by atoms with Crippen molar-refractivity contribution in [3.63, 3.8) is 0 Å². The van der Waals surface area contributed by atoms with Gasteiger partial charge in [-0.3, -0.25) is 4.79 Å². The van der Waals surface area contributed by atoms with Crippen LogP contribution in [0.2, 0.25) is 0 Å². The Bertz CT molecular complexity index is 854. The van der Waals surface area contributed by atoms with Gasteiger partial charge in [0, 0.05) is 10.9 Å². The molecule has 26 heavy (non-hydrogen) atoms. The lowest BCUT2D eigenvalue weighted by Gasteiger charge is -2.13. The Hall–Kier alpha value is -2.13. The molecule has 1 aromatic carbocycles. The number of esters is 1. The number of amides is 1. The Morgan fingerprint density at radius 2 is 1.96 bits per heavy atom. The first-order valence-corrected chi connectivity index (χ1v) is 9.14. The highest BCUT2D eigenvalue weighted by molar-refractivity contribution is 9.10. The van der Waals surface area contributed by atoms with Crippen molar-refractivity contribution in [2.75, 3.05) is 31.4 Å². The minimum atomic E-state index is -0.508. The van der Waals surface area contributed by atoms with Crippen LogP contribution >= 0.6 is 27.3 Å². The maximum absolute atomic E-state index is 13.6. The van der Waals surface area contributed by atoms with Crippen LogP contribution in [0.25, 0.3) is 0 Å². The van der Waals surface area contributed by atoms with Gasteiger partial charge in [-0.15, -0.1) is 11.3 Å². The summed E-state index contributed by atoms with van der Waals surface area (Å²) in [5.74, 6) is -0.986. The molecule has 0 aliphatic heterocycles. The van der Waals surface area contributed by atoms with E-state index in [1.54, 1.807) is 6.92 Å². The van der Waals surface area contributed by atoms with Gasteiger partial charge in [0.25, 0.3) is 0 Å². The van der Waals surface area contributed by atoms with Gasteiger partial charge in [-0.2, -0.15) is 0 Å². The summed E-state index contributed by atoms with van der Waals surface area (Å²) >= 11 is 4.50. The van der Waals surface area contributed by atoms with E-state index < -0.39 is 11.8 Å². The molecule has 6 nitrogen and oxygen atoms in total. The largest absolute Gasteiger partial charge is 0.493 e. The molecule has 0 radical (unpaired) electrons. The van der Waals surface area contributed by atoms with Gasteiger partial charge in [0.15, 0.2) is 5.75 Å². The van der Waals surface area contributed by atoms with Crippen molar-refractivity contribution in [2.24, 2.45) is 0 Å². The minimum absolute atomic E-state index is 0.136. The van der Waals surface area contributed by atoms with E-state index in [2.05, 4.69) is 26.6 Å². The second-order valence-electron chi connectivity index (χ2n) is 5.35. The Kier molecular flexibility index (Phi) is 6.60. The lowest BCUT2D eigenvalue weighted by Crippen LogP contribution is -2.22. The number of rotatable bonds is 6. The molecule has 0 saturated heterocycles. The van der Waals surface area contributed by atoms with Gasteiger partial charge in [0.05, 0.1) is 36.5 Å². The molecule has 2 N–H and O–H groups in total. The maximum atomic E-state index is 13.6. The van der Waals surface area contributed by atoms with Crippen molar-refractivity contribution < 1.29 is 23.5 Å². The number of carbonyl (C=O) groups excluding carboxylic acids is 2. The summed E-state index contributed by atoms with van der Waals surface area (Å²) in [7, 11) is 2.74. The molecule has 140 valence electrons. The van der Waals surface area contributed by atoms with E-state index >= 15 is 0 Å². The van der Waals surface area contributed by atoms with E-state index in [0.29, 0.717) is 26.5 Å². The maximum Gasteiger partial charge on any atom is 0.341 e. The fourth-order valence-corrected chi connectivity index (χ4v) is 3.97. The van der Waals surface area contributed by atoms with Crippen LogP contribution in [-0.4, -0.2) is 32.6 Å². The zero-order chi connectivity index (χ0) is 19.4. The summed E-state index contributed by atoms with van der Waals surface area (Å²) in [6, 6.07) is 2.50. The first kappa shape index (κ1) is 20.2. The van der Waals surface area contributed by atoms with E-state index in [-0.39, 0.29) is 12.5 Å². The fraction of sp³-hybridized carbons (Fsp3) is 0.294. The zero-order valence-corrected chi connectivity index (χ0v) is 17.1. The summed E-state index contributed by atoms with van der Waals surface area (Å²) < 4.78 is 24.0. The quantitative estimate of drug-likeness (QED) is 0.655. The Balaban J connectivity index is 2.14. The number of ether oxygens (including phenoxy) is 2. The predicted octanol–water partition coefficient (Wildman–Crippen LogP) is 4.11. The number of halogens is 2. The van der Waals surface area contributed by atoms with Crippen LogP contribution in [0.4, 0.5) is 15.1 Å². The third kappa shape index (κ3) is 4.34. The number of thiophene rings is 1. The molecular formula is C17H18BrFN2O4S. The first-order valence-electron chi connectivity index (χ1n) is 7.53. The molecule has 0 aliphatic rings. The number of anilines is 2. The topological polar surface area (TPSA) is 76.7 Å². The van der Waals surface area contributed by atoms with Crippen LogP contribution in [0.1, 0.15) is 20.8 Å². The number of methoxy groups -OCH3 is 2. The van der Waals surface area contributed by atoms with Crippen LogP contribution in [0, 0.1) is 19.7 Å². The fourth-order valence-electron chi connectivity index (χ4n) is 2.31. The minimum Gasteiger partial charge on any atom is -0.493 e. The summed E-state index contributed by atoms with van der Waals surface area (Å²) in [4.78, 5) is 25.1. The lowest BCUT2D eigenvalue weighted by atomic mass is 10.1. The van der Waals surface area contributed by atoms with Crippen LogP contribution in [0.15, 0.2) is 16.6 Å². The lowest BCUT2D eigenvalue weighted by molar-refractivity contribution is -0.114. The molecule has 0 fully saturated rings. The number of hydrogen-bond donors (Lipinski definition) is 2. The summed E-state index contributed by atoms with van der Waals surface area (Å²) in [5, 5.41) is 5.95. The third-order valence-electron chi connectivity index (χ3n) is 3.68. The number of nitrogens with one attached hydrogen (secondary N) is 2. The summed E-state index contributed by atoms with van der Waals surface area (Å²) in [5.41, 5.74) is 1.44. The molecule has 0 unspecified atom stereocenters. The average molecular weight is 445 g/mol. The molecule has 0 aliphatic carbocycles. The highest BCUT2D eigenvalue weighted by Gasteiger charge is 2.21. The first-order chi connectivity index (χ1) is 12.3. The van der Waals surface area contributed by atoms with Crippen molar-refractivity contribution in [3.05, 3.63) is 38.4 Å². The second kappa shape index (κ2) is 8.50. The molecule has 0 bridgehead atoms. The van der Waals surface area contributed by atoms with Crippen LogP contribution in [-0.2, 0) is 9.53 Å². The van der Waals surface area contributed by atoms with E-state index in [1.165, 1.54) is 37.7 Å². The predicted molar refractivity (Wildman–Crippen MR) is 103 cm³/mol. The highest BCUT2D eigenvalue weighted by Crippen LogP contribution is 2.35. The van der Waals surface area contributed by atoms with Gasteiger partial charge in [0.1, 0.15) is 10.8 Å². The van der Waals surface area contributed by atoms with Gasteiger partial charge in [-0.1, -0.05) is 0 Å². The van der Waals surface area contributed by atoms with Crippen molar-refractivity contribution in [2.45, 2.75) is 13.8 Å². The normalized spacial score (nSPS) is 10.4. The molecular weight excluding hydrogens is 427 g/mol. The number of carbonyl (C=O) groups is 2. The number of hydrogen-bond acceptors (Lipinski definition) is 6. The van der Waals surface area contributed by atoms with Gasteiger partial charge in [-0.25, -0.2) is 9.18 Å². The summed E-state index contributed by atoms with van der Waals surface area (Å²) in [6.45, 7) is 3.51. The summed E-state index contributed by atoms with van der Waals surface area (Å²) in [6.07, 6.45) is 0. The van der Waals surface area contributed by atoms with Crippen molar-refractivity contribution >= 4 is 49.8 Å². The van der Waals surface area contributed by atoms with E-state index in [0.717, 1.165) is 10.4 Å². The molecule has 0 atom stereocenters. The van der Waals surface area contributed by atoms with Gasteiger partial charge >= 0.3 is 5.97 Å². The standard InChI is InChI=1S/C17H18BrFN2O4S/c1-8-9(2)26-16(14(8)17(23)25-4)21-13(22)7-20-12-6-10(19)5-11(18)15(12)24-3/h5-6,20H,7H2,1-4H3,(H,21,22). The Morgan fingerprint density at radius 3 is 2.58 bits per heavy atom. The van der Waals surface area contributed by atoms with E-state index in [9.17, 15) is 14.0 Å². The van der Waals surface area contributed by atoms with Crippen molar-refractivity contribution in [1.82, 2.24) is 0 Å². The molecule has 2 rings (SSSR count). The van der Waals surface area contributed by atoms with Crippen LogP contribution in [0.3, 0.4) is 0 Å². The molecule has 2 aromatic rings. The highest BCUT2D eigenvalue weighted by atomic mass is 79.9. The monoisotopic (exact) mass is 444 g/mol. The molecule has 0 saturated carbocycles. The van der Waals surface area contributed by atoms with E-state index in [1.807, 2.05) is 6.92 Å². The average Bonchev–Trinajstić information content (AvgIpc) is 2.85. The number of aryl methyl sites for hydroxylation is 1. The smallest absolute Gasteiger partial charge is 0.341 e. The van der Waals surface area contributed by atoms with Gasteiger partial charge < -0.3 is 20.1 Å². The van der Waals surface area contributed by atoms with Crippen LogP contribution in [0.5, 0.6) is 5.75 Å². The number of benzene rings is 1. The molecule has 1 heterocycles. The van der Waals surface area contributed by atoms with Gasteiger partial charge in [0.2, 0.25) is 5.91 Å². The Morgan fingerprint density at radius 1 is 1.27 bits per heavy atom. The van der Waals surface area contributed by atoms with Crippen LogP contribution < -0.4 is 15.4 Å². The molecule has 0 spiro atoms. The van der Waals surface area contributed by atoms with E-state index in [4.69, 9.17) is 9.47 Å². The Labute approximate surface area is 162 Å². The third-order valence-corrected chi connectivity index (χ3v) is 5.39. The zero-order valence-electron chi connectivity index (χ0n) is 14.7. The molecule has 9 heteroatoms. The van der Waals surface area contributed by atoms with Gasteiger partial charge in [-0.05, 0) is 41.4 Å². The molecule has 1 amide bonds. The SMILES string of the molecule is COC(=O)c1c(NC(=O)CNc2cc(F)cc(Br)c2OC)sc(C)c1C. The van der Waals surface area contributed by atoms with Crippen molar-refractivity contribution in [3.8, 4) is 5.75 Å².